The third-order valence-corrected chi connectivity index (χ3v) is 4.57. The SMILES string of the molecule is Cn1ccc(Nc2ncc(-c3ccc(CC(=O)Nc4ccnc(C(F)(F)F)n4)cc3)cn2)c1. The number of rotatable bonds is 6. The van der Waals surface area contributed by atoms with Gasteiger partial charge in [0.05, 0.1) is 12.1 Å². The topological polar surface area (TPSA) is 97.6 Å². The van der Waals surface area contributed by atoms with Crippen molar-refractivity contribution in [1.29, 1.82) is 0 Å². The Labute approximate surface area is 186 Å². The van der Waals surface area contributed by atoms with Crippen LogP contribution in [0.1, 0.15) is 11.4 Å². The lowest BCUT2D eigenvalue weighted by Gasteiger charge is -2.08. The highest BCUT2D eigenvalue weighted by molar-refractivity contribution is 5.91. The third-order valence-electron chi connectivity index (χ3n) is 4.57. The number of carbonyl (C=O) groups excluding carboxylic acids is 1. The average molecular weight is 453 g/mol. The van der Waals surface area contributed by atoms with E-state index in [4.69, 9.17) is 0 Å². The monoisotopic (exact) mass is 453 g/mol. The lowest BCUT2D eigenvalue weighted by molar-refractivity contribution is -0.145. The van der Waals surface area contributed by atoms with Crippen molar-refractivity contribution >= 4 is 23.4 Å². The zero-order chi connectivity index (χ0) is 23.4. The Balaban J connectivity index is 1.36. The van der Waals surface area contributed by atoms with E-state index in [0.717, 1.165) is 23.0 Å². The fourth-order valence-electron chi connectivity index (χ4n) is 3.00. The number of nitrogens with zero attached hydrogens (tertiary/aromatic N) is 5. The standard InChI is InChI=1S/C22H18F3N7O/c1-32-9-7-17(13-32)29-21-27-11-16(12-28-21)15-4-2-14(3-5-15)10-19(33)30-18-6-8-26-20(31-18)22(23,24)25/h2-9,11-13H,10H2,1H3,(H,27,28,29)(H,26,30,31,33). The molecule has 11 heteroatoms. The number of anilines is 3. The molecule has 33 heavy (non-hydrogen) atoms. The minimum Gasteiger partial charge on any atom is -0.355 e. The van der Waals surface area contributed by atoms with Crippen molar-refractivity contribution in [2.75, 3.05) is 10.6 Å². The van der Waals surface area contributed by atoms with Gasteiger partial charge in [0.2, 0.25) is 17.7 Å². The average Bonchev–Trinajstić information content (AvgIpc) is 3.19. The van der Waals surface area contributed by atoms with E-state index in [1.54, 1.807) is 24.5 Å². The molecule has 0 atom stereocenters. The molecular formula is C22H18F3N7O. The van der Waals surface area contributed by atoms with Gasteiger partial charge in [-0.25, -0.2) is 19.9 Å². The molecule has 0 bridgehead atoms. The molecular weight excluding hydrogens is 435 g/mol. The fraction of sp³-hybridized carbons (Fsp3) is 0.136. The highest BCUT2D eigenvalue weighted by Gasteiger charge is 2.34. The summed E-state index contributed by atoms with van der Waals surface area (Å²) in [7, 11) is 1.92. The second-order valence-corrected chi connectivity index (χ2v) is 7.17. The van der Waals surface area contributed by atoms with Crippen molar-refractivity contribution < 1.29 is 18.0 Å². The molecule has 0 aliphatic heterocycles. The van der Waals surface area contributed by atoms with Crippen LogP contribution in [0.2, 0.25) is 0 Å². The lowest BCUT2D eigenvalue weighted by atomic mass is 10.1. The van der Waals surface area contributed by atoms with Gasteiger partial charge in [0.25, 0.3) is 0 Å². The molecule has 1 amide bonds. The Hall–Kier alpha value is -4.28. The fourth-order valence-corrected chi connectivity index (χ4v) is 3.00. The molecule has 0 aliphatic rings. The van der Waals surface area contributed by atoms with Gasteiger partial charge in [-0.2, -0.15) is 13.2 Å². The van der Waals surface area contributed by atoms with E-state index >= 15 is 0 Å². The first-order valence-electron chi connectivity index (χ1n) is 9.77. The van der Waals surface area contributed by atoms with Gasteiger partial charge in [-0.1, -0.05) is 24.3 Å². The van der Waals surface area contributed by atoms with Crippen LogP contribution in [-0.4, -0.2) is 30.4 Å². The Bertz CT molecular complexity index is 1250. The summed E-state index contributed by atoms with van der Waals surface area (Å²) in [4.78, 5) is 27.3. The van der Waals surface area contributed by atoms with Gasteiger partial charge in [0.15, 0.2) is 0 Å². The van der Waals surface area contributed by atoms with Crippen molar-refractivity contribution in [3.8, 4) is 11.1 Å². The van der Waals surface area contributed by atoms with Gasteiger partial charge in [0, 0.05) is 43.6 Å². The summed E-state index contributed by atoms with van der Waals surface area (Å²) in [5.74, 6) is -1.54. The normalized spacial score (nSPS) is 11.3. The van der Waals surface area contributed by atoms with E-state index in [1.165, 1.54) is 6.07 Å². The predicted molar refractivity (Wildman–Crippen MR) is 116 cm³/mol. The van der Waals surface area contributed by atoms with Gasteiger partial charge < -0.3 is 15.2 Å². The summed E-state index contributed by atoms with van der Waals surface area (Å²) in [6.45, 7) is 0. The summed E-state index contributed by atoms with van der Waals surface area (Å²) in [6, 6.07) is 10.3. The lowest BCUT2D eigenvalue weighted by Crippen LogP contribution is -2.18. The van der Waals surface area contributed by atoms with Crippen LogP contribution in [0.5, 0.6) is 0 Å². The summed E-state index contributed by atoms with van der Waals surface area (Å²) in [5, 5.41) is 5.47. The van der Waals surface area contributed by atoms with Crippen molar-refractivity contribution in [3.63, 3.8) is 0 Å². The molecule has 4 rings (SSSR count). The first-order valence-corrected chi connectivity index (χ1v) is 9.77. The summed E-state index contributed by atoms with van der Waals surface area (Å²) in [6.07, 6.45) is 3.43. The van der Waals surface area contributed by atoms with Crippen LogP contribution in [-0.2, 0) is 24.4 Å². The van der Waals surface area contributed by atoms with Crippen LogP contribution in [0, 0.1) is 0 Å². The molecule has 3 heterocycles. The Morgan fingerprint density at radius 2 is 1.73 bits per heavy atom. The number of amides is 1. The smallest absolute Gasteiger partial charge is 0.355 e. The molecule has 0 fully saturated rings. The number of hydrogen-bond donors (Lipinski definition) is 2. The maximum Gasteiger partial charge on any atom is 0.451 e. The zero-order valence-corrected chi connectivity index (χ0v) is 17.3. The molecule has 0 radical (unpaired) electrons. The van der Waals surface area contributed by atoms with Gasteiger partial charge in [0.1, 0.15) is 5.82 Å². The molecule has 0 saturated heterocycles. The van der Waals surface area contributed by atoms with Crippen LogP contribution in [0.4, 0.5) is 30.6 Å². The molecule has 0 aliphatic carbocycles. The summed E-state index contributed by atoms with van der Waals surface area (Å²) < 4.78 is 40.0. The van der Waals surface area contributed by atoms with Crippen LogP contribution < -0.4 is 10.6 Å². The van der Waals surface area contributed by atoms with Crippen molar-refractivity contribution in [2.45, 2.75) is 12.6 Å². The molecule has 0 spiro atoms. The van der Waals surface area contributed by atoms with Gasteiger partial charge in [-0.15, -0.1) is 0 Å². The molecule has 0 unspecified atom stereocenters. The van der Waals surface area contributed by atoms with Crippen LogP contribution in [0.25, 0.3) is 11.1 Å². The number of aromatic nitrogens is 5. The first-order chi connectivity index (χ1) is 15.8. The Morgan fingerprint density at radius 1 is 1.00 bits per heavy atom. The minimum atomic E-state index is -4.68. The number of alkyl halides is 3. The molecule has 0 saturated carbocycles. The molecule has 8 nitrogen and oxygen atoms in total. The van der Waals surface area contributed by atoms with Crippen LogP contribution >= 0.6 is 0 Å². The largest absolute Gasteiger partial charge is 0.451 e. The molecule has 3 aromatic heterocycles. The highest BCUT2D eigenvalue weighted by atomic mass is 19.4. The quantitative estimate of drug-likeness (QED) is 0.454. The van der Waals surface area contributed by atoms with E-state index < -0.39 is 17.9 Å². The number of carbonyl (C=O) groups is 1. The van der Waals surface area contributed by atoms with Gasteiger partial charge in [-0.3, -0.25) is 4.79 Å². The van der Waals surface area contributed by atoms with Gasteiger partial charge >= 0.3 is 6.18 Å². The number of aryl methyl sites for hydroxylation is 1. The number of hydrogen-bond acceptors (Lipinski definition) is 6. The zero-order valence-electron chi connectivity index (χ0n) is 17.3. The van der Waals surface area contributed by atoms with E-state index in [1.807, 2.05) is 42.2 Å². The second-order valence-electron chi connectivity index (χ2n) is 7.17. The predicted octanol–water partition coefficient (Wildman–Crippen LogP) is 4.22. The van der Waals surface area contributed by atoms with Crippen molar-refractivity contribution in [3.05, 3.63) is 78.8 Å². The summed E-state index contributed by atoms with van der Waals surface area (Å²) >= 11 is 0. The number of benzene rings is 1. The van der Waals surface area contributed by atoms with E-state index in [2.05, 4.69) is 30.6 Å². The highest BCUT2D eigenvalue weighted by Crippen LogP contribution is 2.26. The maximum absolute atomic E-state index is 12.7. The molecule has 168 valence electrons. The Kier molecular flexibility index (Phi) is 6.03. The molecule has 1 aromatic carbocycles. The van der Waals surface area contributed by atoms with Crippen LogP contribution in [0.3, 0.4) is 0 Å². The maximum atomic E-state index is 12.7. The van der Waals surface area contributed by atoms with Gasteiger partial charge in [-0.05, 0) is 23.3 Å². The number of nitrogens with one attached hydrogen (secondary N) is 2. The first kappa shape index (κ1) is 21.9. The Morgan fingerprint density at radius 3 is 2.36 bits per heavy atom. The second kappa shape index (κ2) is 9.07. The summed E-state index contributed by atoms with van der Waals surface area (Å²) in [5.41, 5.74) is 3.22. The van der Waals surface area contributed by atoms with Crippen molar-refractivity contribution in [1.82, 2.24) is 24.5 Å². The van der Waals surface area contributed by atoms with E-state index in [9.17, 15) is 18.0 Å². The molecule has 4 aromatic rings. The van der Waals surface area contributed by atoms with E-state index in [-0.39, 0.29) is 12.2 Å². The number of halogens is 3. The molecule has 2 N–H and O–H groups in total. The van der Waals surface area contributed by atoms with Crippen molar-refractivity contribution in [2.24, 2.45) is 7.05 Å². The minimum absolute atomic E-state index is 0.0257. The third kappa shape index (κ3) is 5.70. The van der Waals surface area contributed by atoms with Crippen LogP contribution in [0.15, 0.2) is 67.4 Å². The van der Waals surface area contributed by atoms with E-state index in [0.29, 0.717) is 11.5 Å².